The number of aromatic amines is 1. The van der Waals surface area contributed by atoms with Crippen LogP contribution in [0.4, 0.5) is 5.82 Å². The van der Waals surface area contributed by atoms with E-state index in [4.69, 9.17) is 19.2 Å². The van der Waals surface area contributed by atoms with Crippen LogP contribution in [0, 0.1) is 0 Å². The number of anilines is 1. The van der Waals surface area contributed by atoms with Crippen molar-refractivity contribution < 1.29 is 19.3 Å². The summed E-state index contributed by atoms with van der Waals surface area (Å²) in [6, 6.07) is 13.4. The number of ether oxygens (including phenoxy) is 3. The Kier molecular flexibility index (Phi) is 6.71. The first-order chi connectivity index (χ1) is 16.1. The highest BCUT2D eigenvalue weighted by Gasteiger charge is 2.26. The van der Waals surface area contributed by atoms with Crippen LogP contribution in [-0.2, 0) is 11.3 Å². The number of aromatic hydroxyl groups is 1. The van der Waals surface area contributed by atoms with E-state index in [-0.39, 0.29) is 5.75 Å². The zero-order chi connectivity index (χ0) is 23.4. The summed E-state index contributed by atoms with van der Waals surface area (Å²) in [4.78, 5) is 8.05. The molecular weight excluding hydrogens is 422 g/mol. The number of benzene rings is 2. The van der Waals surface area contributed by atoms with Gasteiger partial charge in [-0.15, -0.1) is 0 Å². The second-order valence-corrected chi connectivity index (χ2v) is 7.45. The summed E-state index contributed by atoms with van der Waals surface area (Å²) in [5.74, 6) is 2.67. The first-order valence-electron chi connectivity index (χ1n) is 10.6. The number of methoxy groups -OCH3 is 3. The summed E-state index contributed by atoms with van der Waals surface area (Å²) in [7, 11) is 6.69. The van der Waals surface area contributed by atoms with E-state index in [1.54, 1.807) is 21.3 Å². The Morgan fingerprint density at radius 1 is 1.06 bits per heavy atom. The van der Waals surface area contributed by atoms with Crippen LogP contribution in [0.15, 0.2) is 42.5 Å². The second kappa shape index (κ2) is 9.85. The number of nitrogens with zero attached hydrogens (tertiary/aromatic N) is 2. The molecule has 9 nitrogen and oxygen atoms in total. The lowest BCUT2D eigenvalue weighted by molar-refractivity contribution is 0.199. The van der Waals surface area contributed by atoms with Crippen molar-refractivity contribution >= 4 is 16.9 Å². The molecule has 0 amide bonds. The molecular formula is C24H29N5O4. The quantitative estimate of drug-likeness (QED) is 0.273. The maximum Gasteiger partial charge on any atom is 0.151 e. The van der Waals surface area contributed by atoms with Crippen LogP contribution in [0.25, 0.3) is 28.1 Å². The molecule has 0 aliphatic rings. The van der Waals surface area contributed by atoms with Crippen LogP contribution in [0.1, 0.15) is 5.69 Å². The van der Waals surface area contributed by atoms with Gasteiger partial charge in [-0.05, 0) is 12.1 Å². The lowest BCUT2D eigenvalue weighted by atomic mass is 10.2. The molecule has 2 aromatic heterocycles. The molecule has 0 spiro atoms. The van der Waals surface area contributed by atoms with Crippen molar-refractivity contribution in [3.05, 3.63) is 48.2 Å². The summed E-state index contributed by atoms with van der Waals surface area (Å²) >= 11 is 0. The molecule has 0 saturated heterocycles. The topological polar surface area (TPSA) is 106 Å². The summed E-state index contributed by atoms with van der Waals surface area (Å²) in [5.41, 5.74) is 3.74. The summed E-state index contributed by atoms with van der Waals surface area (Å²) in [6.07, 6.45) is 0. The molecule has 0 radical (unpaired) electrons. The molecule has 2 aromatic carbocycles. The maximum absolute atomic E-state index is 11.4. The van der Waals surface area contributed by atoms with E-state index in [1.165, 1.54) is 0 Å². The normalized spacial score (nSPS) is 11.2. The standard InChI is InChI=1S/C24H29N5O4/c1-25-24-21(23-27-18-7-5-6-8-19(18)28-23)22(30)20(14-26-9-10-31-2)29(24)15-11-16(32-3)13-17(12-15)33-4/h5-8,11-13,25-26,30H,9-10,14H2,1-4H3,(H,27,28). The van der Waals surface area contributed by atoms with Gasteiger partial charge >= 0.3 is 0 Å². The van der Waals surface area contributed by atoms with E-state index >= 15 is 0 Å². The van der Waals surface area contributed by atoms with Gasteiger partial charge < -0.3 is 34.9 Å². The predicted molar refractivity (Wildman–Crippen MR) is 129 cm³/mol. The van der Waals surface area contributed by atoms with Crippen molar-refractivity contribution in [2.75, 3.05) is 46.8 Å². The fourth-order valence-electron chi connectivity index (χ4n) is 3.89. The molecule has 4 aromatic rings. The fourth-order valence-corrected chi connectivity index (χ4v) is 3.89. The number of rotatable bonds is 10. The van der Waals surface area contributed by atoms with Crippen molar-refractivity contribution in [3.63, 3.8) is 0 Å². The largest absolute Gasteiger partial charge is 0.505 e. The molecule has 4 N–H and O–H groups in total. The van der Waals surface area contributed by atoms with Crippen LogP contribution in [0.3, 0.4) is 0 Å². The molecule has 4 rings (SSSR count). The van der Waals surface area contributed by atoms with Crippen LogP contribution in [0.2, 0.25) is 0 Å². The smallest absolute Gasteiger partial charge is 0.151 e. The van der Waals surface area contributed by atoms with Crippen LogP contribution >= 0.6 is 0 Å². The Hall–Kier alpha value is -3.69. The monoisotopic (exact) mass is 451 g/mol. The molecule has 0 unspecified atom stereocenters. The third-order valence-electron chi connectivity index (χ3n) is 5.47. The first-order valence-corrected chi connectivity index (χ1v) is 10.6. The number of fused-ring (bicyclic) bond motifs is 1. The lowest BCUT2D eigenvalue weighted by Gasteiger charge is -2.16. The van der Waals surface area contributed by atoms with Crippen molar-refractivity contribution in [2.24, 2.45) is 0 Å². The van der Waals surface area contributed by atoms with Gasteiger partial charge in [-0.2, -0.15) is 0 Å². The molecule has 0 aliphatic carbocycles. The number of hydrogen-bond acceptors (Lipinski definition) is 7. The van der Waals surface area contributed by atoms with E-state index in [0.717, 1.165) is 16.7 Å². The number of nitrogens with one attached hydrogen (secondary N) is 3. The van der Waals surface area contributed by atoms with E-state index in [2.05, 4.69) is 15.6 Å². The average molecular weight is 452 g/mol. The summed E-state index contributed by atoms with van der Waals surface area (Å²) in [5, 5.41) is 18.0. The maximum atomic E-state index is 11.4. The molecule has 0 aliphatic heterocycles. The van der Waals surface area contributed by atoms with Gasteiger partial charge in [0.2, 0.25) is 0 Å². The van der Waals surface area contributed by atoms with Gasteiger partial charge in [0.1, 0.15) is 28.7 Å². The number of hydrogen-bond donors (Lipinski definition) is 4. The summed E-state index contributed by atoms with van der Waals surface area (Å²) in [6.45, 7) is 1.60. The minimum Gasteiger partial charge on any atom is -0.505 e. The highest BCUT2D eigenvalue weighted by Crippen LogP contribution is 2.43. The van der Waals surface area contributed by atoms with Gasteiger partial charge in [0.15, 0.2) is 5.75 Å². The molecule has 0 atom stereocenters. The SMILES string of the molecule is CNc1c(-c2nc3ccccc3[nH]2)c(O)c(CNCCOC)n1-c1cc(OC)cc(OC)c1. The molecule has 0 saturated carbocycles. The van der Waals surface area contributed by atoms with Gasteiger partial charge in [0.05, 0.1) is 43.2 Å². The van der Waals surface area contributed by atoms with Crippen molar-refractivity contribution in [3.8, 4) is 34.3 Å². The predicted octanol–water partition coefficient (Wildman–Crippen LogP) is 3.52. The second-order valence-electron chi connectivity index (χ2n) is 7.45. The number of H-pyrrole nitrogens is 1. The Bertz CT molecular complexity index is 1190. The molecule has 0 bridgehead atoms. The zero-order valence-electron chi connectivity index (χ0n) is 19.2. The third kappa shape index (κ3) is 4.33. The van der Waals surface area contributed by atoms with E-state index < -0.39 is 0 Å². The van der Waals surface area contributed by atoms with Crippen molar-refractivity contribution in [2.45, 2.75) is 6.54 Å². The van der Waals surface area contributed by atoms with Gasteiger partial charge in [-0.1, -0.05) is 12.1 Å². The Morgan fingerprint density at radius 2 is 1.79 bits per heavy atom. The lowest BCUT2D eigenvalue weighted by Crippen LogP contribution is -2.20. The molecule has 0 fully saturated rings. The highest BCUT2D eigenvalue weighted by molar-refractivity contribution is 5.87. The fraction of sp³-hybridized carbons (Fsp3) is 0.292. The van der Waals surface area contributed by atoms with Gasteiger partial charge in [0.25, 0.3) is 0 Å². The number of imidazole rings is 1. The minimum atomic E-state index is 0.130. The first kappa shape index (κ1) is 22.5. The average Bonchev–Trinajstić information content (AvgIpc) is 3.39. The Labute approximate surface area is 192 Å². The van der Waals surface area contributed by atoms with E-state index in [9.17, 15) is 5.11 Å². The Balaban J connectivity index is 1.93. The highest BCUT2D eigenvalue weighted by atomic mass is 16.5. The molecule has 2 heterocycles. The van der Waals surface area contributed by atoms with Crippen LogP contribution < -0.4 is 20.1 Å². The minimum absolute atomic E-state index is 0.130. The van der Waals surface area contributed by atoms with E-state index in [0.29, 0.717) is 54.1 Å². The third-order valence-corrected chi connectivity index (χ3v) is 5.47. The van der Waals surface area contributed by atoms with Gasteiger partial charge in [0, 0.05) is 45.4 Å². The van der Waals surface area contributed by atoms with Crippen molar-refractivity contribution in [1.82, 2.24) is 19.9 Å². The van der Waals surface area contributed by atoms with Crippen LogP contribution in [-0.4, -0.2) is 61.2 Å². The molecule has 33 heavy (non-hydrogen) atoms. The van der Waals surface area contributed by atoms with Gasteiger partial charge in [-0.3, -0.25) is 4.57 Å². The van der Waals surface area contributed by atoms with E-state index in [1.807, 2.05) is 54.1 Å². The van der Waals surface area contributed by atoms with Crippen LogP contribution in [0.5, 0.6) is 17.2 Å². The molecule has 9 heteroatoms. The number of para-hydroxylation sites is 2. The van der Waals surface area contributed by atoms with Crippen molar-refractivity contribution in [1.29, 1.82) is 0 Å². The number of aromatic nitrogens is 3. The molecule has 174 valence electrons. The Morgan fingerprint density at radius 3 is 2.42 bits per heavy atom. The van der Waals surface area contributed by atoms with Gasteiger partial charge in [-0.25, -0.2) is 4.98 Å². The zero-order valence-corrected chi connectivity index (χ0v) is 19.2. The summed E-state index contributed by atoms with van der Waals surface area (Å²) < 4.78 is 18.1.